The molecule has 1 aliphatic carbocycles. The van der Waals surface area contributed by atoms with E-state index in [1.165, 1.54) is 24.8 Å². The SMILES string of the molecule is COc1ccc(C(C)NC2CCC(C)C2)cc1OC. The van der Waals surface area contributed by atoms with Crippen molar-refractivity contribution in [1.82, 2.24) is 5.32 Å². The Morgan fingerprint density at radius 1 is 1.16 bits per heavy atom. The van der Waals surface area contributed by atoms with Gasteiger partial charge < -0.3 is 14.8 Å². The van der Waals surface area contributed by atoms with E-state index in [-0.39, 0.29) is 0 Å². The average Bonchev–Trinajstić information content (AvgIpc) is 2.83. The molecule has 0 bridgehead atoms. The van der Waals surface area contributed by atoms with Gasteiger partial charge in [0, 0.05) is 12.1 Å². The molecule has 1 aromatic carbocycles. The first kappa shape index (κ1) is 14.2. The molecule has 3 nitrogen and oxygen atoms in total. The Bertz CT molecular complexity index is 419. The predicted molar refractivity (Wildman–Crippen MR) is 77.9 cm³/mol. The maximum absolute atomic E-state index is 5.36. The highest BCUT2D eigenvalue weighted by atomic mass is 16.5. The van der Waals surface area contributed by atoms with Crippen molar-refractivity contribution < 1.29 is 9.47 Å². The third-order valence-electron chi connectivity index (χ3n) is 4.09. The van der Waals surface area contributed by atoms with Crippen LogP contribution in [0.3, 0.4) is 0 Å². The zero-order valence-corrected chi connectivity index (χ0v) is 12.4. The van der Waals surface area contributed by atoms with Gasteiger partial charge in [-0.1, -0.05) is 13.0 Å². The van der Waals surface area contributed by atoms with Crippen LogP contribution in [-0.4, -0.2) is 20.3 Å². The van der Waals surface area contributed by atoms with E-state index >= 15 is 0 Å². The summed E-state index contributed by atoms with van der Waals surface area (Å²) in [7, 11) is 3.34. The molecule has 1 aliphatic rings. The number of hydrogen-bond acceptors (Lipinski definition) is 3. The van der Waals surface area contributed by atoms with Gasteiger partial charge in [-0.05, 0) is 49.8 Å². The molecule has 3 unspecified atom stereocenters. The van der Waals surface area contributed by atoms with Crippen LogP contribution in [0.2, 0.25) is 0 Å². The quantitative estimate of drug-likeness (QED) is 0.881. The molecule has 106 valence electrons. The molecular formula is C16H25NO2. The molecule has 0 aliphatic heterocycles. The van der Waals surface area contributed by atoms with Crippen LogP contribution in [0.15, 0.2) is 18.2 Å². The lowest BCUT2D eigenvalue weighted by molar-refractivity contribution is 0.353. The van der Waals surface area contributed by atoms with E-state index in [0.717, 1.165) is 17.4 Å². The molecule has 1 N–H and O–H groups in total. The second-order valence-electron chi connectivity index (χ2n) is 5.62. The van der Waals surface area contributed by atoms with Crippen molar-refractivity contribution in [3.05, 3.63) is 23.8 Å². The largest absolute Gasteiger partial charge is 0.493 e. The van der Waals surface area contributed by atoms with Crippen LogP contribution in [0.25, 0.3) is 0 Å². The van der Waals surface area contributed by atoms with E-state index in [0.29, 0.717) is 12.1 Å². The van der Waals surface area contributed by atoms with E-state index in [1.807, 2.05) is 6.07 Å². The lowest BCUT2D eigenvalue weighted by atomic mass is 10.1. The zero-order valence-electron chi connectivity index (χ0n) is 12.4. The molecule has 0 spiro atoms. The average molecular weight is 263 g/mol. The number of nitrogens with one attached hydrogen (secondary N) is 1. The highest BCUT2D eigenvalue weighted by Gasteiger charge is 2.23. The molecule has 3 heteroatoms. The number of ether oxygens (including phenoxy) is 2. The van der Waals surface area contributed by atoms with Gasteiger partial charge in [-0.2, -0.15) is 0 Å². The molecule has 0 amide bonds. The summed E-state index contributed by atoms with van der Waals surface area (Å²) in [5, 5.41) is 3.72. The third kappa shape index (κ3) is 3.41. The van der Waals surface area contributed by atoms with Crippen molar-refractivity contribution >= 4 is 0 Å². The molecule has 19 heavy (non-hydrogen) atoms. The molecular weight excluding hydrogens is 238 g/mol. The van der Waals surface area contributed by atoms with Gasteiger partial charge in [-0.25, -0.2) is 0 Å². The number of benzene rings is 1. The van der Waals surface area contributed by atoms with Gasteiger partial charge in [-0.15, -0.1) is 0 Å². The lowest BCUT2D eigenvalue weighted by Crippen LogP contribution is -2.29. The molecule has 0 radical (unpaired) electrons. The van der Waals surface area contributed by atoms with Crippen LogP contribution in [0.1, 0.15) is 44.7 Å². The summed E-state index contributed by atoms with van der Waals surface area (Å²) >= 11 is 0. The van der Waals surface area contributed by atoms with E-state index in [9.17, 15) is 0 Å². The summed E-state index contributed by atoms with van der Waals surface area (Å²) in [6.07, 6.45) is 3.92. The van der Waals surface area contributed by atoms with Crippen LogP contribution < -0.4 is 14.8 Å². The van der Waals surface area contributed by atoms with Gasteiger partial charge in [0.15, 0.2) is 11.5 Å². The summed E-state index contributed by atoms with van der Waals surface area (Å²) in [5.74, 6) is 2.44. The van der Waals surface area contributed by atoms with Gasteiger partial charge >= 0.3 is 0 Å². The van der Waals surface area contributed by atoms with Gasteiger partial charge in [0.05, 0.1) is 14.2 Å². The smallest absolute Gasteiger partial charge is 0.161 e. The molecule has 2 rings (SSSR count). The van der Waals surface area contributed by atoms with Crippen molar-refractivity contribution in [2.24, 2.45) is 5.92 Å². The Morgan fingerprint density at radius 3 is 2.47 bits per heavy atom. The summed E-state index contributed by atoms with van der Waals surface area (Å²) in [6.45, 7) is 4.55. The van der Waals surface area contributed by atoms with Crippen molar-refractivity contribution in [2.75, 3.05) is 14.2 Å². The predicted octanol–water partition coefficient (Wildman–Crippen LogP) is 3.54. The van der Waals surface area contributed by atoms with Crippen LogP contribution in [0, 0.1) is 5.92 Å². The Kier molecular flexibility index (Phi) is 4.70. The van der Waals surface area contributed by atoms with E-state index in [4.69, 9.17) is 9.47 Å². The summed E-state index contributed by atoms with van der Waals surface area (Å²) in [6, 6.07) is 7.14. The van der Waals surface area contributed by atoms with E-state index in [1.54, 1.807) is 14.2 Å². The molecule has 0 aromatic heterocycles. The Labute approximate surface area is 116 Å². The minimum absolute atomic E-state index is 0.343. The Morgan fingerprint density at radius 2 is 1.89 bits per heavy atom. The highest BCUT2D eigenvalue weighted by molar-refractivity contribution is 5.43. The maximum Gasteiger partial charge on any atom is 0.161 e. The van der Waals surface area contributed by atoms with Crippen molar-refractivity contribution in [2.45, 2.75) is 45.2 Å². The van der Waals surface area contributed by atoms with Crippen molar-refractivity contribution in [3.63, 3.8) is 0 Å². The van der Waals surface area contributed by atoms with E-state index in [2.05, 4.69) is 31.3 Å². The third-order valence-corrected chi connectivity index (χ3v) is 4.09. The monoisotopic (exact) mass is 263 g/mol. The summed E-state index contributed by atoms with van der Waals surface area (Å²) in [4.78, 5) is 0. The molecule has 1 fully saturated rings. The van der Waals surface area contributed by atoms with Gasteiger partial charge in [0.25, 0.3) is 0 Å². The molecule has 3 atom stereocenters. The maximum atomic E-state index is 5.36. The first-order chi connectivity index (χ1) is 9.13. The summed E-state index contributed by atoms with van der Waals surface area (Å²) in [5.41, 5.74) is 1.25. The topological polar surface area (TPSA) is 30.5 Å². The minimum atomic E-state index is 0.343. The molecule has 0 saturated heterocycles. The zero-order chi connectivity index (χ0) is 13.8. The van der Waals surface area contributed by atoms with Gasteiger partial charge in [0.1, 0.15) is 0 Å². The second-order valence-corrected chi connectivity index (χ2v) is 5.62. The standard InChI is InChI=1S/C16H25NO2/c1-11-5-7-14(9-11)17-12(2)13-6-8-15(18-3)16(10-13)19-4/h6,8,10-12,14,17H,5,7,9H2,1-4H3. The molecule has 1 aromatic rings. The van der Waals surface area contributed by atoms with Gasteiger partial charge in [-0.3, -0.25) is 0 Å². The second kappa shape index (κ2) is 6.29. The molecule has 0 heterocycles. The fourth-order valence-corrected chi connectivity index (χ4v) is 2.93. The Hall–Kier alpha value is -1.22. The van der Waals surface area contributed by atoms with E-state index < -0.39 is 0 Å². The van der Waals surface area contributed by atoms with Crippen molar-refractivity contribution in [1.29, 1.82) is 0 Å². The summed E-state index contributed by atoms with van der Waals surface area (Å²) < 4.78 is 10.6. The van der Waals surface area contributed by atoms with Crippen LogP contribution >= 0.6 is 0 Å². The first-order valence-electron chi connectivity index (χ1n) is 7.12. The van der Waals surface area contributed by atoms with Crippen LogP contribution in [-0.2, 0) is 0 Å². The first-order valence-corrected chi connectivity index (χ1v) is 7.12. The normalized spacial score (nSPS) is 24.2. The lowest BCUT2D eigenvalue weighted by Gasteiger charge is -2.21. The fraction of sp³-hybridized carbons (Fsp3) is 0.625. The fourth-order valence-electron chi connectivity index (χ4n) is 2.93. The number of methoxy groups -OCH3 is 2. The van der Waals surface area contributed by atoms with Crippen LogP contribution in [0.5, 0.6) is 11.5 Å². The van der Waals surface area contributed by atoms with Crippen molar-refractivity contribution in [3.8, 4) is 11.5 Å². The Balaban J connectivity index is 2.04. The minimum Gasteiger partial charge on any atom is -0.493 e. The van der Waals surface area contributed by atoms with Gasteiger partial charge in [0.2, 0.25) is 0 Å². The molecule has 1 saturated carbocycles. The number of rotatable bonds is 5. The van der Waals surface area contributed by atoms with Crippen LogP contribution in [0.4, 0.5) is 0 Å². The highest BCUT2D eigenvalue weighted by Crippen LogP contribution is 2.31. The number of hydrogen-bond donors (Lipinski definition) is 1.